The van der Waals surface area contributed by atoms with Gasteiger partial charge in [-0.3, -0.25) is 0 Å². The van der Waals surface area contributed by atoms with E-state index >= 15 is 0 Å². The SMILES string of the molecule is C.CC(C)(C)C=NO. The van der Waals surface area contributed by atoms with Gasteiger partial charge in [-0.25, -0.2) is 0 Å². The molecule has 0 aromatic heterocycles. The van der Waals surface area contributed by atoms with E-state index in [1.54, 1.807) is 0 Å². The Morgan fingerprint density at radius 1 is 1.38 bits per heavy atom. The third kappa shape index (κ3) is 9.08. The highest BCUT2D eigenvalue weighted by Gasteiger charge is 2.03. The number of nitrogens with zero attached hydrogens (tertiary/aromatic N) is 1. The highest BCUT2D eigenvalue weighted by Crippen LogP contribution is 2.07. The normalized spacial score (nSPS) is 11.4. The summed E-state index contributed by atoms with van der Waals surface area (Å²) in [5.74, 6) is 0. The highest BCUT2D eigenvalue weighted by molar-refractivity contribution is 5.62. The number of oxime groups is 1. The zero-order chi connectivity index (χ0) is 5.91. The molecule has 0 aromatic carbocycles. The minimum absolute atomic E-state index is 0. The fourth-order valence-corrected chi connectivity index (χ4v) is 0.173. The summed E-state index contributed by atoms with van der Waals surface area (Å²) in [5.41, 5.74) is 0.00868. The van der Waals surface area contributed by atoms with Crippen molar-refractivity contribution in [2.24, 2.45) is 10.6 Å². The maximum Gasteiger partial charge on any atom is 0.0489 e. The summed E-state index contributed by atoms with van der Waals surface area (Å²) in [6.07, 6.45) is 1.49. The van der Waals surface area contributed by atoms with Crippen molar-refractivity contribution >= 4 is 6.21 Å². The zero-order valence-electron chi connectivity index (χ0n) is 4.97. The molecule has 0 rings (SSSR count). The van der Waals surface area contributed by atoms with E-state index in [1.165, 1.54) is 6.21 Å². The van der Waals surface area contributed by atoms with Gasteiger partial charge in [-0.2, -0.15) is 0 Å². The molecule has 0 saturated heterocycles. The predicted molar refractivity (Wildman–Crippen MR) is 36.5 cm³/mol. The number of rotatable bonds is 0. The van der Waals surface area contributed by atoms with Crippen LogP contribution in [0.15, 0.2) is 5.16 Å². The summed E-state index contributed by atoms with van der Waals surface area (Å²) in [5, 5.41) is 10.9. The van der Waals surface area contributed by atoms with E-state index in [4.69, 9.17) is 5.21 Å². The van der Waals surface area contributed by atoms with Crippen molar-refractivity contribution in [2.45, 2.75) is 28.2 Å². The Hall–Kier alpha value is -0.530. The Morgan fingerprint density at radius 2 is 1.75 bits per heavy atom. The Morgan fingerprint density at radius 3 is 1.75 bits per heavy atom. The van der Waals surface area contributed by atoms with Crippen LogP contribution in [0.1, 0.15) is 28.2 Å². The second-order valence-corrected chi connectivity index (χ2v) is 2.61. The molecule has 0 aliphatic heterocycles. The molecule has 0 spiro atoms. The van der Waals surface area contributed by atoms with Crippen LogP contribution in [0.4, 0.5) is 0 Å². The summed E-state index contributed by atoms with van der Waals surface area (Å²) in [6, 6.07) is 0. The van der Waals surface area contributed by atoms with Gasteiger partial charge in [0, 0.05) is 11.6 Å². The molecule has 0 unspecified atom stereocenters. The molecule has 0 aromatic rings. The van der Waals surface area contributed by atoms with Crippen molar-refractivity contribution in [1.29, 1.82) is 0 Å². The quantitative estimate of drug-likeness (QED) is 0.294. The lowest BCUT2D eigenvalue weighted by Crippen LogP contribution is -2.05. The van der Waals surface area contributed by atoms with E-state index in [9.17, 15) is 0 Å². The molecule has 0 heterocycles. The minimum atomic E-state index is 0. The van der Waals surface area contributed by atoms with E-state index in [-0.39, 0.29) is 12.8 Å². The molecule has 8 heavy (non-hydrogen) atoms. The van der Waals surface area contributed by atoms with E-state index in [2.05, 4.69) is 5.16 Å². The fraction of sp³-hybridized carbons (Fsp3) is 0.833. The summed E-state index contributed by atoms with van der Waals surface area (Å²) in [6.45, 7) is 5.90. The smallest absolute Gasteiger partial charge is 0.0489 e. The van der Waals surface area contributed by atoms with Crippen molar-refractivity contribution in [3.05, 3.63) is 0 Å². The third-order valence-corrected chi connectivity index (χ3v) is 0.445. The molecule has 0 aliphatic carbocycles. The van der Waals surface area contributed by atoms with Gasteiger partial charge in [0.05, 0.1) is 0 Å². The number of hydrogen-bond acceptors (Lipinski definition) is 2. The molecule has 0 amide bonds. The first kappa shape index (κ1) is 10.5. The molecule has 0 atom stereocenters. The van der Waals surface area contributed by atoms with E-state index in [0.29, 0.717) is 0 Å². The standard InChI is InChI=1S/C5H11NO.CH4/c1-5(2,3)4-6-7;/h4,7H,1-3H3;1H4. The van der Waals surface area contributed by atoms with Crippen LogP contribution >= 0.6 is 0 Å². The summed E-state index contributed by atoms with van der Waals surface area (Å²) < 4.78 is 0. The Bertz CT molecular complexity index is 71.1. The van der Waals surface area contributed by atoms with Crippen molar-refractivity contribution in [3.63, 3.8) is 0 Å². The van der Waals surface area contributed by atoms with Crippen molar-refractivity contribution in [1.82, 2.24) is 0 Å². The van der Waals surface area contributed by atoms with Crippen LogP contribution in [-0.4, -0.2) is 11.4 Å². The van der Waals surface area contributed by atoms with Gasteiger partial charge in [0.1, 0.15) is 0 Å². The first-order valence-electron chi connectivity index (χ1n) is 2.25. The Kier molecular flexibility index (Phi) is 4.53. The molecule has 1 N–H and O–H groups in total. The first-order valence-corrected chi connectivity index (χ1v) is 2.25. The third-order valence-electron chi connectivity index (χ3n) is 0.445. The van der Waals surface area contributed by atoms with Crippen LogP contribution in [0.2, 0.25) is 0 Å². The lowest BCUT2D eigenvalue weighted by Gasteiger charge is -2.06. The number of hydrogen-bond donors (Lipinski definition) is 1. The largest absolute Gasteiger partial charge is 0.411 e. The highest BCUT2D eigenvalue weighted by atomic mass is 16.4. The van der Waals surface area contributed by atoms with Crippen LogP contribution in [0.5, 0.6) is 0 Å². The molecule has 0 radical (unpaired) electrons. The average Bonchev–Trinajstić information content (AvgIpc) is 1.30. The van der Waals surface area contributed by atoms with Crippen molar-refractivity contribution in [2.75, 3.05) is 0 Å². The molecule has 50 valence electrons. The van der Waals surface area contributed by atoms with Crippen molar-refractivity contribution < 1.29 is 5.21 Å². The molecular weight excluding hydrogens is 102 g/mol. The molecule has 0 bridgehead atoms. The van der Waals surface area contributed by atoms with Gasteiger partial charge in [0.25, 0.3) is 0 Å². The van der Waals surface area contributed by atoms with Crippen LogP contribution in [0, 0.1) is 5.41 Å². The van der Waals surface area contributed by atoms with Gasteiger partial charge < -0.3 is 5.21 Å². The van der Waals surface area contributed by atoms with Crippen LogP contribution in [0.3, 0.4) is 0 Å². The van der Waals surface area contributed by atoms with Gasteiger partial charge in [0.2, 0.25) is 0 Å². The monoisotopic (exact) mass is 117 g/mol. The second-order valence-electron chi connectivity index (χ2n) is 2.61. The second kappa shape index (κ2) is 3.47. The first-order chi connectivity index (χ1) is 3.06. The van der Waals surface area contributed by atoms with E-state index < -0.39 is 0 Å². The summed E-state index contributed by atoms with van der Waals surface area (Å²) >= 11 is 0. The Balaban J connectivity index is 0. The molecule has 2 nitrogen and oxygen atoms in total. The van der Waals surface area contributed by atoms with Crippen LogP contribution < -0.4 is 0 Å². The van der Waals surface area contributed by atoms with E-state index in [0.717, 1.165) is 0 Å². The lowest BCUT2D eigenvalue weighted by atomic mass is 10.00. The molecule has 2 heteroatoms. The van der Waals surface area contributed by atoms with Crippen molar-refractivity contribution in [3.8, 4) is 0 Å². The zero-order valence-corrected chi connectivity index (χ0v) is 4.97. The lowest BCUT2D eigenvalue weighted by molar-refractivity contribution is 0.315. The topological polar surface area (TPSA) is 32.6 Å². The van der Waals surface area contributed by atoms with Crippen LogP contribution in [-0.2, 0) is 0 Å². The molecule has 0 fully saturated rings. The van der Waals surface area contributed by atoms with Crippen LogP contribution in [0.25, 0.3) is 0 Å². The fourth-order valence-electron chi connectivity index (χ4n) is 0.173. The van der Waals surface area contributed by atoms with E-state index in [1.807, 2.05) is 20.8 Å². The van der Waals surface area contributed by atoms with Gasteiger partial charge in [-0.05, 0) is 0 Å². The maximum absolute atomic E-state index is 7.97. The Labute approximate surface area is 51.2 Å². The average molecular weight is 117 g/mol. The molecule has 0 aliphatic rings. The summed E-state index contributed by atoms with van der Waals surface area (Å²) in [7, 11) is 0. The molecular formula is C6H15NO. The minimum Gasteiger partial charge on any atom is -0.411 e. The van der Waals surface area contributed by atoms with Gasteiger partial charge in [-0.15, -0.1) is 5.16 Å². The molecule has 0 saturated carbocycles. The van der Waals surface area contributed by atoms with Gasteiger partial charge >= 0.3 is 0 Å². The predicted octanol–water partition coefficient (Wildman–Crippen LogP) is 2.13. The van der Waals surface area contributed by atoms with Gasteiger partial charge in [-0.1, -0.05) is 28.2 Å². The maximum atomic E-state index is 7.97. The van der Waals surface area contributed by atoms with Gasteiger partial charge in [0.15, 0.2) is 0 Å². The summed E-state index contributed by atoms with van der Waals surface area (Å²) in [4.78, 5) is 0.